The number of carbonyl (C=O) groups excluding carboxylic acids is 1. The van der Waals surface area contributed by atoms with Crippen LogP contribution >= 0.6 is 23.2 Å². The maximum absolute atomic E-state index is 11.0. The van der Waals surface area contributed by atoms with E-state index in [1.807, 2.05) is 0 Å². The largest absolute Gasteiger partial charge is 0.493 e. The van der Waals surface area contributed by atoms with Gasteiger partial charge in [0.05, 0.1) is 21.3 Å². The average Bonchev–Trinajstić information content (AvgIpc) is 2.35. The Labute approximate surface area is 109 Å². The van der Waals surface area contributed by atoms with Crippen LogP contribution in [0, 0.1) is 0 Å². The molecule has 0 saturated carbocycles. The smallest absolute Gasteiger partial charge is 0.244 e. The highest BCUT2D eigenvalue weighted by Gasteiger charge is 2.21. The molecule has 0 heterocycles. The molecule has 1 atom stereocenters. The van der Waals surface area contributed by atoms with E-state index in [9.17, 15) is 4.79 Å². The zero-order chi connectivity index (χ0) is 13.0. The van der Waals surface area contributed by atoms with Crippen molar-refractivity contribution >= 4 is 28.4 Å². The third-order valence-electron chi connectivity index (χ3n) is 2.18. The lowest BCUT2D eigenvalue weighted by Crippen LogP contribution is -2.02. The van der Waals surface area contributed by atoms with E-state index < -0.39 is 10.6 Å². The molecule has 1 rings (SSSR count). The summed E-state index contributed by atoms with van der Waals surface area (Å²) in [5.41, 5.74) is 0.487. The summed E-state index contributed by atoms with van der Waals surface area (Å²) in [5, 5.41) is -1.62. The molecule has 0 saturated heterocycles. The summed E-state index contributed by atoms with van der Waals surface area (Å²) in [4.78, 5) is 11.0. The van der Waals surface area contributed by atoms with Crippen molar-refractivity contribution < 1.29 is 19.0 Å². The summed E-state index contributed by atoms with van der Waals surface area (Å²) in [6.45, 7) is 0. The molecule has 6 heteroatoms. The number of hydrogen-bond donors (Lipinski definition) is 0. The fourth-order valence-electron chi connectivity index (χ4n) is 1.38. The van der Waals surface area contributed by atoms with Gasteiger partial charge >= 0.3 is 0 Å². The molecule has 1 aromatic carbocycles. The van der Waals surface area contributed by atoms with Gasteiger partial charge in [-0.3, -0.25) is 4.79 Å². The highest BCUT2D eigenvalue weighted by Crippen LogP contribution is 2.41. The number of ether oxygens (including phenoxy) is 3. The van der Waals surface area contributed by atoms with E-state index in [4.69, 9.17) is 37.4 Å². The van der Waals surface area contributed by atoms with Crippen molar-refractivity contribution in [2.45, 2.75) is 5.38 Å². The molecule has 17 heavy (non-hydrogen) atoms. The van der Waals surface area contributed by atoms with Crippen LogP contribution in [0.2, 0.25) is 0 Å². The molecule has 0 radical (unpaired) electrons. The first kappa shape index (κ1) is 13.9. The van der Waals surface area contributed by atoms with Crippen LogP contribution in [-0.2, 0) is 4.79 Å². The summed E-state index contributed by atoms with van der Waals surface area (Å²) < 4.78 is 15.4. The Morgan fingerprint density at radius 1 is 1.12 bits per heavy atom. The minimum absolute atomic E-state index is 0.422. The summed E-state index contributed by atoms with van der Waals surface area (Å²) >= 11 is 11.2. The van der Waals surface area contributed by atoms with Gasteiger partial charge in [-0.2, -0.15) is 0 Å². The molecule has 1 unspecified atom stereocenters. The van der Waals surface area contributed by atoms with Crippen LogP contribution in [0.1, 0.15) is 10.9 Å². The van der Waals surface area contributed by atoms with Crippen LogP contribution < -0.4 is 14.2 Å². The Hall–Kier alpha value is -1.13. The van der Waals surface area contributed by atoms with Gasteiger partial charge in [-0.15, -0.1) is 11.6 Å². The van der Waals surface area contributed by atoms with Gasteiger partial charge in [-0.05, 0) is 29.3 Å². The number of methoxy groups -OCH3 is 3. The van der Waals surface area contributed by atoms with Crippen LogP contribution in [0.3, 0.4) is 0 Å². The SMILES string of the molecule is COc1cc(C(Cl)C(=O)Cl)cc(OC)c1OC. The lowest BCUT2D eigenvalue weighted by atomic mass is 10.1. The monoisotopic (exact) mass is 278 g/mol. The number of halogens is 2. The van der Waals surface area contributed by atoms with E-state index in [0.29, 0.717) is 22.8 Å². The van der Waals surface area contributed by atoms with E-state index in [0.717, 1.165) is 0 Å². The van der Waals surface area contributed by atoms with E-state index in [-0.39, 0.29) is 0 Å². The zero-order valence-electron chi connectivity index (χ0n) is 9.62. The molecule has 0 bridgehead atoms. The molecule has 0 aliphatic heterocycles. The Morgan fingerprint density at radius 3 is 1.88 bits per heavy atom. The lowest BCUT2D eigenvalue weighted by molar-refractivity contribution is -0.111. The van der Waals surface area contributed by atoms with Gasteiger partial charge in [0.25, 0.3) is 0 Å². The maximum atomic E-state index is 11.0. The van der Waals surface area contributed by atoms with Crippen LogP contribution in [-0.4, -0.2) is 26.6 Å². The number of rotatable bonds is 5. The van der Waals surface area contributed by atoms with Gasteiger partial charge in [0.15, 0.2) is 11.5 Å². The predicted molar refractivity (Wildman–Crippen MR) is 65.6 cm³/mol. The second kappa shape index (κ2) is 5.98. The van der Waals surface area contributed by atoms with Gasteiger partial charge < -0.3 is 14.2 Å². The van der Waals surface area contributed by atoms with Crippen LogP contribution in [0.5, 0.6) is 17.2 Å². The van der Waals surface area contributed by atoms with Crippen molar-refractivity contribution in [3.8, 4) is 17.2 Å². The second-order valence-corrected chi connectivity index (χ2v) is 3.93. The van der Waals surface area contributed by atoms with Gasteiger partial charge in [0, 0.05) is 0 Å². The van der Waals surface area contributed by atoms with Crippen LogP contribution in [0.15, 0.2) is 12.1 Å². The number of alkyl halides is 1. The summed E-state index contributed by atoms with van der Waals surface area (Å²) in [6.07, 6.45) is 0. The molecule has 0 spiro atoms. The molecule has 0 amide bonds. The number of carbonyl (C=O) groups is 1. The van der Waals surface area contributed by atoms with Crippen molar-refractivity contribution in [1.29, 1.82) is 0 Å². The predicted octanol–water partition coefficient (Wildman–Crippen LogP) is 2.76. The molecule has 0 N–H and O–H groups in total. The van der Waals surface area contributed by atoms with Gasteiger partial charge in [0.2, 0.25) is 11.0 Å². The minimum atomic E-state index is -0.953. The topological polar surface area (TPSA) is 44.8 Å². The first-order valence-corrected chi connectivity index (χ1v) is 5.49. The summed E-state index contributed by atoms with van der Waals surface area (Å²) in [6, 6.07) is 3.17. The van der Waals surface area contributed by atoms with Gasteiger partial charge in [-0.1, -0.05) is 0 Å². The number of benzene rings is 1. The minimum Gasteiger partial charge on any atom is -0.493 e. The molecule has 0 aromatic heterocycles. The standard InChI is InChI=1S/C11H12Cl2O4/c1-15-7-4-6(9(12)11(13)14)5-8(16-2)10(7)17-3/h4-5,9H,1-3H3. The van der Waals surface area contributed by atoms with Gasteiger partial charge in [-0.25, -0.2) is 0 Å². The molecule has 4 nitrogen and oxygen atoms in total. The Morgan fingerprint density at radius 2 is 1.59 bits per heavy atom. The highest BCUT2D eigenvalue weighted by molar-refractivity contribution is 6.68. The molecular formula is C11H12Cl2O4. The molecule has 94 valence electrons. The maximum Gasteiger partial charge on any atom is 0.244 e. The van der Waals surface area contributed by atoms with E-state index in [2.05, 4.69) is 0 Å². The van der Waals surface area contributed by atoms with E-state index in [1.165, 1.54) is 21.3 Å². The fraction of sp³-hybridized carbons (Fsp3) is 0.364. The van der Waals surface area contributed by atoms with E-state index >= 15 is 0 Å². The summed E-state index contributed by atoms with van der Waals surface area (Å²) in [5.74, 6) is 1.28. The molecule has 0 aliphatic rings. The Kier molecular flexibility index (Phi) is 4.90. The lowest BCUT2D eigenvalue weighted by Gasteiger charge is -2.15. The highest BCUT2D eigenvalue weighted by atomic mass is 35.5. The molecular weight excluding hydrogens is 267 g/mol. The van der Waals surface area contributed by atoms with Gasteiger partial charge in [0.1, 0.15) is 5.38 Å². The fourth-order valence-corrected chi connectivity index (χ4v) is 1.63. The van der Waals surface area contributed by atoms with Crippen molar-refractivity contribution in [2.75, 3.05) is 21.3 Å². The van der Waals surface area contributed by atoms with Crippen LogP contribution in [0.25, 0.3) is 0 Å². The van der Waals surface area contributed by atoms with Crippen LogP contribution in [0.4, 0.5) is 0 Å². The quantitative estimate of drug-likeness (QED) is 0.614. The second-order valence-electron chi connectivity index (χ2n) is 3.13. The zero-order valence-corrected chi connectivity index (χ0v) is 11.1. The van der Waals surface area contributed by atoms with Crippen molar-refractivity contribution in [3.63, 3.8) is 0 Å². The number of hydrogen-bond acceptors (Lipinski definition) is 4. The van der Waals surface area contributed by atoms with Crippen molar-refractivity contribution in [1.82, 2.24) is 0 Å². The molecule has 0 fully saturated rings. The van der Waals surface area contributed by atoms with Crippen molar-refractivity contribution in [2.24, 2.45) is 0 Å². The summed E-state index contributed by atoms with van der Waals surface area (Å²) in [7, 11) is 4.45. The normalized spacial score (nSPS) is 11.8. The third kappa shape index (κ3) is 2.96. The first-order valence-electron chi connectivity index (χ1n) is 4.68. The average molecular weight is 279 g/mol. The first-order chi connectivity index (χ1) is 8.04. The van der Waals surface area contributed by atoms with E-state index in [1.54, 1.807) is 12.1 Å². The Bertz CT molecular complexity index is 395. The third-order valence-corrected chi connectivity index (χ3v) is 2.96. The molecule has 0 aliphatic carbocycles. The molecule has 1 aromatic rings. The Balaban J connectivity index is 3.31. The van der Waals surface area contributed by atoms with Crippen molar-refractivity contribution in [3.05, 3.63) is 17.7 Å².